The first-order valence-electron chi connectivity index (χ1n) is 7.05. The van der Waals surface area contributed by atoms with Crippen LogP contribution in [0, 0.1) is 13.8 Å². The van der Waals surface area contributed by atoms with Gasteiger partial charge in [-0.3, -0.25) is 0 Å². The number of aliphatic hydroxyl groups is 1. The summed E-state index contributed by atoms with van der Waals surface area (Å²) < 4.78 is 5.78. The lowest BCUT2D eigenvalue weighted by molar-refractivity contribution is 0.280. The molecule has 1 aromatic rings. The van der Waals surface area contributed by atoms with Gasteiger partial charge in [-0.1, -0.05) is 43.4 Å². The van der Waals surface area contributed by atoms with E-state index < -0.39 is 0 Å². The SMILES string of the molecule is Cc1ccc(OCCCCCCCCO)c(C)c1. The van der Waals surface area contributed by atoms with E-state index in [0.717, 1.165) is 31.6 Å². The molecule has 2 heteroatoms. The Kier molecular flexibility index (Phi) is 7.51. The van der Waals surface area contributed by atoms with Crippen molar-refractivity contribution < 1.29 is 9.84 Å². The average molecular weight is 250 g/mol. The molecule has 0 aliphatic rings. The van der Waals surface area contributed by atoms with E-state index in [2.05, 4.69) is 32.0 Å². The third kappa shape index (κ3) is 6.06. The Hall–Kier alpha value is -1.02. The van der Waals surface area contributed by atoms with Gasteiger partial charge >= 0.3 is 0 Å². The number of rotatable bonds is 9. The molecule has 0 aliphatic carbocycles. The number of ether oxygens (including phenoxy) is 1. The fourth-order valence-corrected chi connectivity index (χ4v) is 2.06. The summed E-state index contributed by atoms with van der Waals surface area (Å²) in [7, 11) is 0. The molecule has 0 fully saturated rings. The van der Waals surface area contributed by atoms with Crippen LogP contribution in [-0.4, -0.2) is 18.3 Å². The largest absolute Gasteiger partial charge is 0.493 e. The number of aryl methyl sites for hydroxylation is 2. The summed E-state index contributed by atoms with van der Waals surface area (Å²) in [6.45, 7) is 5.33. The zero-order chi connectivity index (χ0) is 13.2. The van der Waals surface area contributed by atoms with Gasteiger partial charge in [-0.25, -0.2) is 0 Å². The van der Waals surface area contributed by atoms with Gasteiger partial charge in [0.05, 0.1) is 6.61 Å². The third-order valence-corrected chi connectivity index (χ3v) is 3.14. The Morgan fingerprint density at radius 2 is 1.61 bits per heavy atom. The number of hydrogen-bond donors (Lipinski definition) is 1. The van der Waals surface area contributed by atoms with Crippen molar-refractivity contribution in [2.24, 2.45) is 0 Å². The smallest absolute Gasteiger partial charge is 0.122 e. The molecular weight excluding hydrogens is 224 g/mol. The summed E-state index contributed by atoms with van der Waals surface area (Å²) in [5.41, 5.74) is 2.50. The molecule has 1 N–H and O–H groups in total. The van der Waals surface area contributed by atoms with E-state index in [9.17, 15) is 0 Å². The summed E-state index contributed by atoms with van der Waals surface area (Å²) in [5.74, 6) is 1.01. The zero-order valence-electron chi connectivity index (χ0n) is 11.7. The molecule has 0 unspecified atom stereocenters. The standard InChI is InChI=1S/C16H26O2/c1-14-9-10-16(15(2)13-14)18-12-8-6-4-3-5-7-11-17/h9-10,13,17H,3-8,11-12H2,1-2H3. The van der Waals surface area contributed by atoms with Crippen LogP contribution in [0.3, 0.4) is 0 Å². The molecule has 0 amide bonds. The molecule has 0 aliphatic heterocycles. The van der Waals surface area contributed by atoms with E-state index >= 15 is 0 Å². The van der Waals surface area contributed by atoms with Crippen molar-refractivity contribution in [3.8, 4) is 5.75 Å². The Balaban J connectivity index is 2.07. The minimum Gasteiger partial charge on any atom is -0.493 e. The molecular formula is C16H26O2. The molecule has 1 aromatic carbocycles. The second-order valence-corrected chi connectivity index (χ2v) is 4.96. The molecule has 18 heavy (non-hydrogen) atoms. The Morgan fingerprint density at radius 3 is 2.28 bits per heavy atom. The quantitative estimate of drug-likeness (QED) is 0.671. The Morgan fingerprint density at radius 1 is 0.944 bits per heavy atom. The minimum atomic E-state index is 0.329. The van der Waals surface area contributed by atoms with Gasteiger partial charge in [-0.15, -0.1) is 0 Å². The van der Waals surface area contributed by atoms with Crippen molar-refractivity contribution >= 4 is 0 Å². The zero-order valence-corrected chi connectivity index (χ0v) is 11.7. The predicted molar refractivity (Wildman–Crippen MR) is 76.2 cm³/mol. The second kappa shape index (κ2) is 8.98. The summed E-state index contributed by atoms with van der Waals surface area (Å²) in [5, 5.41) is 8.66. The molecule has 0 saturated heterocycles. The summed E-state index contributed by atoms with van der Waals surface area (Å²) in [6.07, 6.45) is 6.90. The van der Waals surface area contributed by atoms with Gasteiger partial charge in [-0.05, 0) is 38.3 Å². The summed E-state index contributed by atoms with van der Waals surface area (Å²) >= 11 is 0. The van der Waals surface area contributed by atoms with Crippen molar-refractivity contribution in [2.45, 2.75) is 52.4 Å². The van der Waals surface area contributed by atoms with Gasteiger partial charge in [0, 0.05) is 6.61 Å². The van der Waals surface area contributed by atoms with E-state index in [1.54, 1.807) is 0 Å². The van der Waals surface area contributed by atoms with Crippen LogP contribution in [-0.2, 0) is 0 Å². The van der Waals surface area contributed by atoms with Crippen molar-refractivity contribution in [3.05, 3.63) is 29.3 Å². The van der Waals surface area contributed by atoms with Crippen LogP contribution in [0.1, 0.15) is 49.7 Å². The lowest BCUT2D eigenvalue weighted by Gasteiger charge is -2.09. The summed E-state index contributed by atoms with van der Waals surface area (Å²) in [4.78, 5) is 0. The van der Waals surface area contributed by atoms with Crippen LogP contribution in [0.4, 0.5) is 0 Å². The van der Waals surface area contributed by atoms with E-state index in [0.29, 0.717) is 6.61 Å². The molecule has 0 bridgehead atoms. The lowest BCUT2D eigenvalue weighted by atomic mass is 10.1. The number of benzene rings is 1. The fourth-order valence-electron chi connectivity index (χ4n) is 2.06. The highest BCUT2D eigenvalue weighted by atomic mass is 16.5. The normalized spacial score (nSPS) is 10.6. The molecule has 102 valence electrons. The van der Waals surface area contributed by atoms with Gasteiger partial charge in [-0.2, -0.15) is 0 Å². The maximum Gasteiger partial charge on any atom is 0.122 e. The number of aliphatic hydroxyl groups excluding tert-OH is 1. The van der Waals surface area contributed by atoms with Crippen LogP contribution in [0.5, 0.6) is 5.75 Å². The molecule has 1 rings (SSSR count). The summed E-state index contributed by atoms with van der Waals surface area (Å²) in [6, 6.07) is 6.31. The molecule has 2 nitrogen and oxygen atoms in total. The van der Waals surface area contributed by atoms with Crippen molar-refractivity contribution in [1.29, 1.82) is 0 Å². The van der Waals surface area contributed by atoms with Crippen molar-refractivity contribution in [3.63, 3.8) is 0 Å². The van der Waals surface area contributed by atoms with Gasteiger partial charge in [0.25, 0.3) is 0 Å². The van der Waals surface area contributed by atoms with E-state index in [1.807, 2.05) is 0 Å². The van der Waals surface area contributed by atoms with Crippen LogP contribution >= 0.6 is 0 Å². The van der Waals surface area contributed by atoms with Gasteiger partial charge in [0.15, 0.2) is 0 Å². The van der Waals surface area contributed by atoms with Crippen LogP contribution < -0.4 is 4.74 Å². The highest BCUT2D eigenvalue weighted by Crippen LogP contribution is 2.19. The van der Waals surface area contributed by atoms with E-state index in [-0.39, 0.29) is 0 Å². The van der Waals surface area contributed by atoms with Gasteiger partial charge < -0.3 is 9.84 Å². The van der Waals surface area contributed by atoms with E-state index in [1.165, 1.54) is 30.4 Å². The maximum atomic E-state index is 8.66. The molecule has 0 radical (unpaired) electrons. The van der Waals surface area contributed by atoms with Crippen molar-refractivity contribution in [1.82, 2.24) is 0 Å². The first-order chi connectivity index (χ1) is 8.74. The predicted octanol–water partition coefficient (Wildman–Crippen LogP) is 4.02. The highest BCUT2D eigenvalue weighted by Gasteiger charge is 1.99. The topological polar surface area (TPSA) is 29.5 Å². The van der Waals surface area contributed by atoms with Gasteiger partial charge in [0.2, 0.25) is 0 Å². The maximum absolute atomic E-state index is 8.66. The van der Waals surface area contributed by atoms with Crippen LogP contribution in [0.2, 0.25) is 0 Å². The first kappa shape index (κ1) is 15.0. The van der Waals surface area contributed by atoms with Gasteiger partial charge in [0.1, 0.15) is 5.75 Å². The van der Waals surface area contributed by atoms with Crippen LogP contribution in [0.15, 0.2) is 18.2 Å². The minimum absolute atomic E-state index is 0.329. The molecule has 0 saturated carbocycles. The third-order valence-electron chi connectivity index (χ3n) is 3.14. The second-order valence-electron chi connectivity index (χ2n) is 4.96. The van der Waals surface area contributed by atoms with Crippen molar-refractivity contribution in [2.75, 3.05) is 13.2 Å². The molecule has 0 heterocycles. The van der Waals surface area contributed by atoms with E-state index in [4.69, 9.17) is 9.84 Å². The van der Waals surface area contributed by atoms with Crippen LogP contribution in [0.25, 0.3) is 0 Å². The average Bonchev–Trinajstić information content (AvgIpc) is 2.35. The molecule has 0 spiro atoms. The Labute approximate surface area is 111 Å². The molecule has 0 aromatic heterocycles. The highest BCUT2D eigenvalue weighted by molar-refractivity contribution is 5.35. The Bertz CT molecular complexity index is 334. The monoisotopic (exact) mass is 250 g/mol. The lowest BCUT2D eigenvalue weighted by Crippen LogP contribution is -1.99. The first-order valence-corrected chi connectivity index (χ1v) is 7.05. The fraction of sp³-hybridized carbons (Fsp3) is 0.625. The number of unbranched alkanes of at least 4 members (excludes halogenated alkanes) is 5. The number of hydrogen-bond acceptors (Lipinski definition) is 2. The molecule has 0 atom stereocenters.